The summed E-state index contributed by atoms with van der Waals surface area (Å²) in [5.41, 5.74) is 0.898. The van der Waals surface area contributed by atoms with E-state index in [0.717, 1.165) is 10.0 Å². The third-order valence-electron chi connectivity index (χ3n) is 2.83. The van der Waals surface area contributed by atoms with Crippen LogP contribution in [0.2, 0.25) is 0 Å². The average Bonchev–Trinajstić information content (AvgIpc) is 3.09. The zero-order chi connectivity index (χ0) is 14.8. The van der Waals surface area contributed by atoms with Crippen LogP contribution in [-0.4, -0.2) is 11.1 Å². The standard InChI is InChI=1S/C15H11BrN2O3/c1-9-8-14(18-21-9)17-15(19)13-7-6-12(20-13)10-2-4-11(16)5-3-10/h2-8H,1H3,(H,17,18,19). The van der Waals surface area contributed by atoms with E-state index in [1.165, 1.54) is 0 Å². The minimum Gasteiger partial charge on any atom is -0.451 e. The lowest BCUT2D eigenvalue weighted by Gasteiger charge is -1.99. The third kappa shape index (κ3) is 3.05. The van der Waals surface area contributed by atoms with Crippen LogP contribution in [0.15, 0.2) is 55.9 Å². The molecule has 0 aliphatic heterocycles. The van der Waals surface area contributed by atoms with Crippen molar-refractivity contribution in [3.05, 3.63) is 58.5 Å². The highest BCUT2D eigenvalue weighted by atomic mass is 79.9. The van der Waals surface area contributed by atoms with Crippen molar-refractivity contribution in [3.63, 3.8) is 0 Å². The number of nitrogens with zero attached hydrogens (tertiary/aromatic N) is 1. The summed E-state index contributed by atoms with van der Waals surface area (Å²) in [6, 6.07) is 12.7. The molecule has 0 unspecified atom stereocenters. The van der Waals surface area contributed by atoms with Gasteiger partial charge in [-0.2, -0.15) is 0 Å². The zero-order valence-corrected chi connectivity index (χ0v) is 12.7. The van der Waals surface area contributed by atoms with Gasteiger partial charge in [0.2, 0.25) is 0 Å². The highest BCUT2D eigenvalue weighted by Crippen LogP contribution is 2.24. The normalized spacial score (nSPS) is 10.6. The van der Waals surface area contributed by atoms with Crippen LogP contribution in [-0.2, 0) is 0 Å². The number of rotatable bonds is 3. The Morgan fingerprint density at radius 2 is 1.95 bits per heavy atom. The molecule has 0 bridgehead atoms. The second kappa shape index (κ2) is 5.57. The summed E-state index contributed by atoms with van der Waals surface area (Å²) >= 11 is 3.37. The molecule has 5 nitrogen and oxygen atoms in total. The molecule has 0 saturated heterocycles. The highest BCUT2D eigenvalue weighted by molar-refractivity contribution is 9.10. The molecule has 1 amide bonds. The minimum absolute atomic E-state index is 0.216. The van der Waals surface area contributed by atoms with Crippen molar-refractivity contribution in [2.24, 2.45) is 0 Å². The Kier molecular flexibility index (Phi) is 3.62. The number of hydrogen-bond donors (Lipinski definition) is 1. The lowest BCUT2D eigenvalue weighted by atomic mass is 10.2. The number of aryl methyl sites for hydroxylation is 1. The van der Waals surface area contributed by atoms with Crippen LogP contribution in [0.4, 0.5) is 5.82 Å². The molecule has 1 aromatic carbocycles. The Labute approximate surface area is 129 Å². The number of nitrogens with one attached hydrogen (secondary N) is 1. The van der Waals surface area contributed by atoms with Crippen molar-refractivity contribution in [1.82, 2.24) is 5.16 Å². The maximum atomic E-state index is 12.0. The van der Waals surface area contributed by atoms with Crippen LogP contribution in [0.1, 0.15) is 16.3 Å². The fourth-order valence-corrected chi connectivity index (χ4v) is 2.10. The molecule has 3 rings (SSSR count). The van der Waals surface area contributed by atoms with E-state index in [4.69, 9.17) is 8.94 Å². The predicted molar refractivity (Wildman–Crippen MR) is 81.0 cm³/mol. The van der Waals surface area contributed by atoms with Crippen molar-refractivity contribution in [1.29, 1.82) is 0 Å². The molecule has 3 aromatic rings. The minimum atomic E-state index is -0.369. The van der Waals surface area contributed by atoms with E-state index in [0.29, 0.717) is 17.3 Å². The van der Waals surface area contributed by atoms with Crippen LogP contribution in [0.5, 0.6) is 0 Å². The van der Waals surface area contributed by atoms with Gasteiger partial charge in [-0.1, -0.05) is 33.2 Å². The van der Waals surface area contributed by atoms with Gasteiger partial charge in [0, 0.05) is 16.1 Å². The SMILES string of the molecule is Cc1cc(NC(=O)c2ccc(-c3ccc(Br)cc3)o2)no1. The van der Waals surface area contributed by atoms with E-state index in [2.05, 4.69) is 26.4 Å². The number of aromatic nitrogens is 1. The molecule has 0 atom stereocenters. The monoisotopic (exact) mass is 346 g/mol. The van der Waals surface area contributed by atoms with E-state index in [9.17, 15) is 4.79 Å². The molecule has 6 heteroatoms. The van der Waals surface area contributed by atoms with Gasteiger partial charge in [0.1, 0.15) is 11.5 Å². The maximum Gasteiger partial charge on any atom is 0.292 e. The average molecular weight is 347 g/mol. The second-order valence-electron chi connectivity index (χ2n) is 4.45. The van der Waals surface area contributed by atoms with Gasteiger partial charge in [-0.25, -0.2) is 0 Å². The number of carbonyl (C=O) groups is 1. The van der Waals surface area contributed by atoms with Crippen molar-refractivity contribution in [3.8, 4) is 11.3 Å². The van der Waals surface area contributed by atoms with E-state index in [1.54, 1.807) is 25.1 Å². The van der Waals surface area contributed by atoms with Crippen molar-refractivity contribution in [2.75, 3.05) is 5.32 Å². The van der Waals surface area contributed by atoms with Crippen molar-refractivity contribution >= 4 is 27.7 Å². The van der Waals surface area contributed by atoms with Gasteiger partial charge in [0.25, 0.3) is 5.91 Å². The first-order valence-corrected chi connectivity index (χ1v) is 7.01. The molecular formula is C15H11BrN2O3. The fraction of sp³-hybridized carbons (Fsp3) is 0.0667. The van der Waals surface area contributed by atoms with Gasteiger partial charge in [0.05, 0.1) is 0 Å². The van der Waals surface area contributed by atoms with Crippen LogP contribution >= 0.6 is 15.9 Å². The number of anilines is 1. The predicted octanol–water partition coefficient (Wildman–Crippen LogP) is 4.26. The van der Waals surface area contributed by atoms with Crippen molar-refractivity contribution < 1.29 is 13.7 Å². The number of amides is 1. The largest absolute Gasteiger partial charge is 0.451 e. The van der Waals surface area contributed by atoms with Gasteiger partial charge >= 0.3 is 0 Å². The van der Waals surface area contributed by atoms with E-state index in [1.807, 2.05) is 24.3 Å². The van der Waals surface area contributed by atoms with E-state index < -0.39 is 0 Å². The maximum absolute atomic E-state index is 12.0. The zero-order valence-electron chi connectivity index (χ0n) is 11.1. The van der Waals surface area contributed by atoms with E-state index in [-0.39, 0.29) is 11.7 Å². The molecule has 0 saturated carbocycles. The van der Waals surface area contributed by atoms with Crippen LogP contribution in [0, 0.1) is 6.92 Å². The fourth-order valence-electron chi connectivity index (χ4n) is 1.83. The molecular weight excluding hydrogens is 336 g/mol. The lowest BCUT2D eigenvalue weighted by molar-refractivity contribution is 0.0996. The number of hydrogen-bond acceptors (Lipinski definition) is 4. The van der Waals surface area contributed by atoms with Crippen LogP contribution < -0.4 is 5.32 Å². The van der Waals surface area contributed by atoms with Gasteiger partial charge in [-0.3, -0.25) is 4.79 Å². The van der Waals surface area contributed by atoms with Gasteiger partial charge in [-0.05, 0) is 31.2 Å². The Balaban J connectivity index is 1.78. The van der Waals surface area contributed by atoms with Crippen LogP contribution in [0.3, 0.4) is 0 Å². The van der Waals surface area contributed by atoms with E-state index >= 15 is 0 Å². The summed E-state index contributed by atoms with van der Waals surface area (Å²) in [7, 11) is 0. The number of halogens is 1. The molecule has 1 N–H and O–H groups in total. The lowest BCUT2D eigenvalue weighted by Crippen LogP contribution is -2.10. The molecule has 0 fully saturated rings. The first-order valence-electron chi connectivity index (χ1n) is 6.22. The van der Waals surface area contributed by atoms with Gasteiger partial charge in [0.15, 0.2) is 11.6 Å². The Hall–Kier alpha value is -2.34. The summed E-state index contributed by atoms with van der Waals surface area (Å²) in [5, 5.41) is 6.31. The summed E-state index contributed by atoms with van der Waals surface area (Å²) in [4.78, 5) is 12.0. The summed E-state index contributed by atoms with van der Waals surface area (Å²) in [6.45, 7) is 1.75. The topological polar surface area (TPSA) is 68.3 Å². The first kappa shape index (κ1) is 13.6. The van der Waals surface area contributed by atoms with Crippen molar-refractivity contribution in [2.45, 2.75) is 6.92 Å². The molecule has 0 spiro atoms. The quantitative estimate of drug-likeness (QED) is 0.769. The molecule has 21 heavy (non-hydrogen) atoms. The van der Waals surface area contributed by atoms with Gasteiger partial charge < -0.3 is 14.3 Å². The second-order valence-corrected chi connectivity index (χ2v) is 5.36. The summed E-state index contributed by atoms with van der Waals surface area (Å²) in [5.74, 6) is 1.46. The van der Waals surface area contributed by atoms with Crippen LogP contribution in [0.25, 0.3) is 11.3 Å². The Bertz CT molecular complexity index is 774. The number of benzene rings is 1. The highest BCUT2D eigenvalue weighted by Gasteiger charge is 2.14. The molecule has 0 aliphatic carbocycles. The molecule has 2 heterocycles. The smallest absolute Gasteiger partial charge is 0.292 e. The number of furan rings is 1. The Morgan fingerprint density at radius 3 is 2.62 bits per heavy atom. The summed E-state index contributed by atoms with van der Waals surface area (Å²) in [6.07, 6.45) is 0. The first-order chi connectivity index (χ1) is 10.1. The van der Waals surface area contributed by atoms with Gasteiger partial charge in [-0.15, -0.1) is 0 Å². The molecule has 0 aliphatic rings. The summed E-state index contributed by atoms with van der Waals surface area (Å²) < 4.78 is 11.4. The molecule has 0 radical (unpaired) electrons. The Morgan fingerprint density at radius 1 is 1.19 bits per heavy atom. The third-order valence-corrected chi connectivity index (χ3v) is 3.36. The number of carbonyl (C=O) groups excluding carboxylic acids is 1. The molecule has 106 valence electrons. The molecule has 2 aromatic heterocycles.